The molecule has 0 radical (unpaired) electrons. The summed E-state index contributed by atoms with van der Waals surface area (Å²) < 4.78 is 0.672. The lowest BCUT2D eigenvalue weighted by atomic mass is 10.1. The van der Waals surface area contributed by atoms with Crippen molar-refractivity contribution in [3.05, 3.63) is 0 Å². The van der Waals surface area contributed by atoms with Crippen LogP contribution in [0.3, 0.4) is 0 Å². The lowest BCUT2D eigenvalue weighted by Gasteiger charge is -2.09. The molecule has 0 aliphatic carbocycles. The summed E-state index contributed by atoms with van der Waals surface area (Å²) in [4.78, 5) is 0. The fraction of sp³-hybridized carbons (Fsp3) is 1.00. The first kappa shape index (κ1) is 21.7. The van der Waals surface area contributed by atoms with Crippen molar-refractivity contribution in [1.29, 1.82) is 0 Å². The fourth-order valence-electron chi connectivity index (χ4n) is 2.02. The summed E-state index contributed by atoms with van der Waals surface area (Å²) in [5.74, 6) is 0. The third kappa shape index (κ3) is 17.4. The van der Waals surface area contributed by atoms with Crippen LogP contribution < -0.4 is 5.32 Å². The zero-order valence-electron chi connectivity index (χ0n) is 12.3. The molecule has 0 amide bonds. The minimum absolute atomic E-state index is 0. The Morgan fingerprint density at radius 2 is 1.22 bits per heavy atom. The molecule has 0 saturated heterocycles. The van der Waals surface area contributed by atoms with Gasteiger partial charge in [-0.3, -0.25) is 0 Å². The van der Waals surface area contributed by atoms with Crippen LogP contribution in [0.2, 0.25) is 0 Å². The molecule has 1 unspecified atom stereocenters. The third-order valence-electron chi connectivity index (χ3n) is 3.25. The van der Waals surface area contributed by atoms with Gasteiger partial charge in [0.05, 0.1) is 4.05 Å². The predicted octanol–water partition coefficient (Wildman–Crippen LogP) is 6.29. The Kier molecular flexibility index (Phi) is 22.2. The first-order valence-corrected chi connectivity index (χ1v) is 8.93. The van der Waals surface area contributed by atoms with E-state index in [9.17, 15) is 0 Å². The van der Waals surface area contributed by atoms with E-state index in [2.05, 4.69) is 41.8 Å². The second-order valence-electron chi connectivity index (χ2n) is 5.01. The van der Waals surface area contributed by atoms with Crippen molar-refractivity contribution in [2.45, 2.75) is 88.5 Å². The molecule has 0 saturated carbocycles. The van der Waals surface area contributed by atoms with E-state index in [0.29, 0.717) is 4.05 Å². The van der Waals surface area contributed by atoms with E-state index in [1.807, 2.05) is 0 Å². The summed E-state index contributed by atoms with van der Waals surface area (Å²) in [5.41, 5.74) is 0. The molecule has 0 aliphatic rings. The van der Waals surface area contributed by atoms with Gasteiger partial charge in [0.1, 0.15) is 0 Å². The van der Waals surface area contributed by atoms with Crippen LogP contribution in [-0.4, -0.2) is 10.6 Å². The van der Waals surface area contributed by atoms with Gasteiger partial charge in [0, 0.05) is 0 Å². The number of hydrogen-bond donors (Lipinski definition) is 1. The first-order valence-electron chi connectivity index (χ1n) is 7.68. The van der Waals surface area contributed by atoms with Gasteiger partial charge in [-0.2, -0.15) is 0 Å². The van der Waals surface area contributed by atoms with Gasteiger partial charge in [0.15, 0.2) is 0 Å². The molecule has 112 valence electrons. The van der Waals surface area contributed by atoms with Crippen LogP contribution in [0.1, 0.15) is 84.5 Å². The van der Waals surface area contributed by atoms with E-state index in [1.165, 1.54) is 77.2 Å². The summed E-state index contributed by atoms with van der Waals surface area (Å²) >= 11 is 2.48. The van der Waals surface area contributed by atoms with Gasteiger partial charge in [-0.25, -0.2) is 0 Å². The van der Waals surface area contributed by atoms with E-state index in [4.69, 9.17) is 0 Å². The summed E-state index contributed by atoms with van der Waals surface area (Å²) in [6.07, 6.45) is 15.5. The van der Waals surface area contributed by atoms with Crippen molar-refractivity contribution in [1.82, 2.24) is 5.32 Å². The van der Waals surface area contributed by atoms with Gasteiger partial charge in [0.25, 0.3) is 0 Å². The Hall–Kier alpha value is 1.42. The molecule has 0 aromatic rings. The van der Waals surface area contributed by atoms with Gasteiger partial charge >= 0.3 is 0 Å². The van der Waals surface area contributed by atoms with Crippen molar-refractivity contribution < 1.29 is 0 Å². The van der Waals surface area contributed by atoms with E-state index in [-0.39, 0.29) is 24.0 Å². The molecule has 1 N–H and O–H groups in total. The Labute approximate surface area is 146 Å². The van der Waals surface area contributed by atoms with E-state index in [0.717, 1.165) is 0 Å². The highest BCUT2D eigenvalue weighted by Gasteiger charge is 1.97. The molecule has 0 bridgehead atoms. The van der Waals surface area contributed by atoms with Crippen LogP contribution in [0.4, 0.5) is 0 Å². The summed E-state index contributed by atoms with van der Waals surface area (Å²) in [6, 6.07) is 0. The fourth-order valence-corrected chi connectivity index (χ4v) is 2.33. The second-order valence-corrected chi connectivity index (χ2v) is 6.52. The number of halogens is 2. The monoisotopic (exact) mass is 481 g/mol. The largest absolute Gasteiger partial charge is 0.306 e. The summed E-state index contributed by atoms with van der Waals surface area (Å²) in [5, 5.41) is 3.54. The Balaban J connectivity index is 0. The predicted molar refractivity (Wildman–Crippen MR) is 103 cm³/mol. The smallest absolute Gasteiger partial charge is 0.0590 e. The topological polar surface area (TPSA) is 12.0 Å². The summed E-state index contributed by atoms with van der Waals surface area (Å²) in [7, 11) is 0. The number of alkyl halides is 1. The van der Waals surface area contributed by atoms with Gasteiger partial charge in [-0.15, -0.1) is 24.0 Å². The molecule has 0 fully saturated rings. The molecule has 0 aliphatic heterocycles. The van der Waals surface area contributed by atoms with Crippen LogP contribution in [0.5, 0.6) is 0 Å². The highest BCUT2D eigenvalue weighted by atomic mass is 127. The highest BCUT2D eigenvalue weighted by molar-refractivity contribution is 14.1. The third-order valence-corrected chi connectivity index (χ3v) is 4.58. The van der Waals surface area contributed by atoms with Gasteiger partial charge in [0.2, 0.25) is 0 Å². The molecule has 1 atom stereocenters. The molecule has 0 heterocycles. The van der Waals surface area contributed by atoms with Gasteiger partial charge < -0.3 is 5.32 Å². The van der Waals surface area contributed by atoms with Crippen molar-refractivity contribution in [2.75, 3.05) is 6.54 Å². The first-order chi connectivity index (χ1) is 8.31. The normalized spacial score (nSPS) is 12.2. The Morgan fingerprint density at radius 3 is 1.67 bits per heavy atom. The minimum Gasteiger partial charge on any atom is -0.306 e. The molecule has 3 heteroatoms. The zero-order valence-corrected chi connectivity index (χ0v) is 16.8. The van der Waals surface area contributed by atoms with Crippen molar-refractivity contribution in [2.24, 2.45) is 0 Å². The molecule has 1 nitrogen and oxygen atoms in total. The van der Waals surface area contributed by atoms with Crippen molar-refractivity contribution >= 4 is 46.6 Å². The summed E-state index contributed by atoms with van der Waals surface area (Å²) in [6.45, 7) is 5.73. The quantitative estimate of drug-likeness (QED) is 0.141. The van der Waals surface area contributed by atoms with E-state index >= 15 is 0 Å². The van der Waals surface area contributed by atoms with Crippen molar-refractivity contribution in [3.63, 3.8) is 0 Å². The second kappa shape index (κ2) is 18.4. The minimum atomic E-state index is 0. The lowest BCUT2D eigenvalue weighted by Crippen LogP contribution is -2.23. The van der Waals surface area contributed by atoms with Crippen LogP contribution in [0.25, 0.3) is 0 Å². The maximum absolute atomic E-state index is 3.54. The average Bonchev–Trinajstić information content (AvgIpc) is 2.35. The van der Waals surface area contributed by atoms with E-state index in [1.54, 1.807) is 0 Å². The van der Waals surface area contributed by atoms with Gasteiger partial charge in [-0.05, 0) is 19.4 Å². The van der Waals surface area contributed by atoms with Crippen LogP contribution in [0.15, 0.2) is 0 Å². The van der Waals surface area contributed by atoms with Crippen LogP contribution in [0, 0.1) is 0 Å². The maximum Gasteiger partial charge on any atom is 0.0590 e. The SMILES string of the molecule is CCCCCCCCCCCCNC(I)CC.I. The van der Waals surface area contributed by atoms with Crippen molar-refractivity contribution in [3.8, 4) is 0 Å². The number of rotatable bonds is 13. The Morgan fingerprint density at radius 1 is 0.778 bits per heavy atom. The molecule has 0 rings (SSSR count). The molecule has 18 heavy (non-hydrogen) atoms. The number of unbranched alkanes of at least 4 members (excludes halogenated alkanes) is 9. The zero-order chi connectivity index (χ0) is 12.8. The Bertz CT molecular complexity index is 142. The molecule has 0 aromatic heterocycles. The molecular weight excluding hydrogens is 448 g/mol. The van der Waals surface area contributed by atoms with Crippen LogP contribution in [-0.2, 0) is 0 Å². The standard InChI is InChI=1S/C15H32IN.HI/c1-3-5-6-7-8-9-10-11-12-13-14-17-15(16)4-2;/h15,17H,3-14H2,1-2H3;1H. The van der Waals surface area contributed by atoms with Gasteiger partial charge in [-0.1, -0.05) is 94.2 Å². The molecule has 0 aromatic carbocycles. The average molecular weight is 481 g/mol. The van der Waals surface area contributed by atoms with Crippen LogP contribution >= 0.6 is 46.6 Å². The molecular formula is C15H33I2N. The highest BCUT2D eigenvalue weighted by Crippen LogP contribution is 2.10. The van der Waals surface area contributed by atoms with E-state index < -0.39 is 0 Å². The lowest BCUT2D eigenvalue weighted by molar-refractivity contribution is 0.540. The molecule has 0 spiro atoms. The number of nitrogens with one attached hydrogen (secondary N) is 1. The maximum atomic E-state index is 3.54. The number of hydrogen-bond acceptors (Lipinski definition) is 1.